The van der Waals surface area contributed by atoms with Gasteiger partial charge in [-0.3, -0.25) is 9.69 Å². The maximum atomic E-state index is 13.5. The van der Waals surface area contributed by atoms with Crippen molar-refractivity contribution < 1.29 is 23.1 Å². The van der Waals surface area contributed by atoms with E-state index >= 15 is 0 Å². The molecule has 3 aliphatic heterocycles. The molecule has 9 heteroatoms. The molecule has 0 aliphatic carbocycles. The van der Waals surface area contributed by atoms with Crippen molar-refractivity contribution in [2.45, 2.75) is 30.7 Å². The first-order valence-corrected chi connectivity index (χ1v) is 11.4. The maximum Gasteiger partial charge on any atom is 0.325 e. The Kier molecular flexibility index (Phi) is 5.70. The fourth-order valence-corrected chi connectivity index (χ4v) is 5.24. The molecule has 2 aromatic carbocycles. The number of rotatable bonds is 5. The molecule has 2 aromatic rings. The number of carbonyl (C=O) groups excluding carboxylic acids is 2. The van der Waals surface area contributed by atoms with E-state index in [1.54, 1.807) is 6.07 Å². The van der Waals surface area contributed by atoms with Crippen LogP contribution in [0.25, 0.3) is 0 Å². The number of likely N-dealkylation sites (tertiary alicyclic amines) is 1. The lowest BCUT2D eigenvalue weighted by Gasteiger charge is -2.32. The highest BCUT2D eigenvalue weighted by Crippen LogP contribution is 2.41. The van der Waals surface area contributed by atoms with Gasteiger partial charge in [0.25, 0.3) is 5.91 Å². The Morgan fingerprint density at radius 1 is 1.09 bits per heavy atom. The topological polar surface area (TPSA) is 85.7 Å². The minimum absolute atomic E-state index is 0.0472. The monoisotopic (exact) mass is 466 g/mol. The molecule has 0 saturated carbocycles. The van der Waals surface area contributed by atoms with Gasteiger partial charge in [-0.25, -0.2) is 13.6 Å². The Morgan fingerprint density at radius 2 is 1.82 bits per heavy atom. The molecule has 0 aromatic heterocycles. The van der Waals surface area contributed by atoms with E-state index in [1.165, 1.54) is 35.2 Å². The molecule has 176 valence electrons. The number of nitrogens with one attached hydrogen (secondary N) is 1. The molecule has 2 fully saturated rings. The number of benzene rings is 2. The summed E-state index contributed by atoms with van der Waals surface area (Å²) in [6.45, 7) is 2.60. The second-order valence-corrected chi connectivity index (χ2v) is 9.03. The molecule has 1 unspecified atom stereocenters. The summed E-state index contributed by atoms with van der Waals surface area (Å²) < 4.78 is 32.4. The highest BCUT2D eigenvalue weighted by Gasteiger charge is 2.57. The van der Waals surface area contributed by atoms with Crippen LogP contribution in [0.3, 0.4) is 0 Å². The zero-order valence-electron chi connectivity index (χ0n) is 18.5. The molecule has 5 rings (SSSR count). The molecule has 7 nitrogen and oxygen atoms in total. The zero-order valence-corrected chi connectivity index (χ0v) is 18.5. The average Bonchev–Trinajstić information content (AvgIpc) is 3.31. The van der Waals surface area contributed by atoms with Gasteiger partial charge in [-0.1, -0.05) is 6.07 Å². The molecule has 1 atom stereocenters. The van der Waals surface area contributed by atoms with Crippen molar-refractivity contribution in [2.24, 2.45) is 0 Å². The molecule has 34 heavy (non-hydrogen) atoms. The quantitative estimate of drug-likeness (QED) is 0.684. The lowest BCUT2D eigenvalue weighted by molar-refractivity contribution is -0.132. The molecule has 1 spiro atoms. The van der Waals surface area contributed by atoms with Crippen LogP contribution in [0.2, 0.25) is 0 Å². The highest BCUT2D eigenvalue weighted by atomic mass is 19.1. The Morgan fingerprint density at radius 3 is 2.59 bits per heavy atom. The molecule has 0 bridgehead atoms. The van der Waals surface area contributed by atoms with Gasteiger partial charge in [-0.15, -0.1) is 0 Å². The third-order valence-corrected chi connectivity index (χ3v) is 7.04. The molecule has 3 heterocycles. The molecule has 0 radical (unpaired) electrons. The van der Waals surface area contributed by atoms with Crippen molar-refractivity contribution in [3.8, 4) is 11.8 Å². The average molecular weight is 466 g/mol. The van der Waals surface area contributed by atoms with E-state index < -0.39 is 23.2 Å². The Labute approximate surface area is 195 Å². The van der Waals surface area contributed by atoms with Crippen LogP contribution < -0.4 is 10.1 Å². The minimum Gasteiger partial charge on any atom is -0.490 e. The van der Waals surface area contributed by atoms with Gasteiger partial charge in [-0.2, -0.15) is 5.26 Å². The molecule has 3 amide bonds. The fraction of sp³-hybridized carbons (Fsp3) is 0.400. The van der Waals surface area contributed by atoms with Crippen molar-refractivity contribution in [3.05, 3.63) is 64.7 Å². The number of fused-ring (bicyclic) bond motifs is 2. The second-order valence-electron chi connectivity index (χ2n) is 9.03. The van der Waals surface area contributed by atoms with Gasteiger partial charge in [0.2, 0.25) is 0 Å². The van der Waals surface area contributed by atoms with Crippen LogP contribution in [0.15, 0.2) is 36.4 Å². The van der Waals surface area contributed by atoms with Crippen LogP contribution in [0.4, 0.5) is 13.6 Å². The van der Waals surface area contributed by atoms with Gasteiger partial charge in [0, 0.05) is 18.2 Å². The number of hydrogen-bond donors (Lipinski definition) is 1. The summed E-state index contributed by atoms with van der Waals surface area (Å²) in [5.74, 6) is -0.748. The summed E-state index contributed by atoms with van der Waals surface area (Å²) in [5, 5.41) is 12.1. The number of imide groups is 1. The van der Waals surface area contributed by atoms with Gasteiger partial charge in [0.15, 0.2) is 5.54 Å². The van der Waals surface area contributed by atoms with E-state index in [0.29, 0.717) is 17.5 Å². The summed E-state index contributed by atoms with van der Waals surface area (Å²) in [6.07, 6.45) is 2.34. The van der Waals surface area contributed by atoms with Crippen LogP contribution in [0.1, 0.15) is 41.9 Å². The van der Waals surface area contributed by atoms with Gasteiger partial charge in [0.1, 0.15) is 24.0 Å². The van der Waals surface area contributed by atoms with Crippen LogP contribution in [-0.2, 0) is 10.3 Å². The molecule has 3 aliphatic rings. The van der Waals surface area contributed by atoms with Crippen LogP contribution in [-0.4, -0.2) is 54.5 Å². The number of urea groups is 1. The highest BCUT2D eigenvalue weighted by molar-refractivity contribution is 6.08. The van der Waals surface area contributed by atoms with Crippen molar-refractivity contribution in [1.82, 2.24) is 15.1 Å². The normalized spacial score (nSPS) is 22.6. The molecule has 2 saturated heterocycles. The van der Waals surface area contributed by atoms with Gasteiger partial charge in [-0.05, 0) is 74.6 Å². The summed E-state index contributed by atoms with van der Waals surface area (Å²) >= 11 is 0. The van der Waals surface area contributed by atoms with Crippen LogP contribution in [0, 0.1) is 23.0 Å². The van der Waals surface area contributed by atoms with E-state index in [1.807, 2.05) is 0 Å². The van der Waals surface area contributed by atoms with Gasteiger partial charge < -0.3 is 15.0 Å². The lowest BCUT2D eigenvalue weighted by Crippen LogP contribution is -2.45. The number of nitriles is 1. The minimum atomic E-state index is -1.29. The third-order valence-electron chi connectivity index (χ3n) is 7.04. The van der Waals surface area contributed by atoms with E-state index in [4.69, 9.17) is 4.74 Å². The fourth-order valence-electron chi connectivity index (χ4n) is 5.24. The summed E-state index contributed by atoms with van der Waals surface area (Å²) in [4.78, 5) is 29.2. The first-order valence-electron chi connectivity index (χ1n) is 11.4. The smallest absolute Gasteiger partial charge is 0.325 e. The van der Waals surface area contributed by atoms with E-state index in [-0.39, 0.29) is 30.7 Å². The number of nitrogens with zero attached hydrogens (tertiary/aromatic N) is 3. The predicted octanol–water partition coefficient (Wildman–Crippen LogP) is 3.25. The summed E-state index contributed by atoms with van der Waals surface area (Å²) in [7, 11) is 0. The summed E-state index contributed by atoms with van der Waals surface area (Å²) in [5.41, 5.74) is 0.485. The van der Waals surface area contributed by atoms with E-state index in [0.717, 1.165) is 38.0 Å². The van der Waals surface area contributed by atoms with Crippen molar-refractivity contribution >= 4 is 11.9 Å². The maximum absolute atomic E-state index is 13.5. The standard InChI is InChI=1S/C25H24F2N4O3/c26-18-2-4-20(17(12-18)14-28)16-6-10-30(11-7-16)8-1-9-31-23(32)25(29-24(31)33)15-34-22-13-19(27)3-5-21(22)25/h2-5,12-13,16H,1,6-11,15H2,(H,29,33). The SMILES string of the molecule is N#Cc1cc(F)ccc1C1CCN(CCCN2C(=O)NC3(COc4cc(F)ccc43)C2=O)CC1. The lowest BCUT2D eigenvalue weighted by atomic mass is 9.86. The van der Waals surface area contributed by atoms with Crippen LogP contribution in [0.5, 0.6) is 5.75 Å². The van der Waals surface area contributed by atoms with E-state index in [2.05, 4.69) is 16.3 Å². The number of hydrogen-bond acceptors (Lipinski definition) is 5. The number of piperidine rings is 1. The predicted molar refractivity (Wildman–Crippen MR) is 118 cm³/mol. The second kappa shape index (κ2) is 8.69. The van der Waals surface area contributed by atoms with Crippen molar-refractivity contribution in [2.75, 3.05) is 32.8 Å². The van der Waals surface area contributed by atoms with Crippen molar-refractivity contribution in [3.63, 3.8) is 0 Å². The van der Waals surface area contributed by atoms with E-state index in [9.17, 15) is 23.6 Å². The van der Waals surface area contributed by atoms with Gasteiger partial charge in [0.05, 0.1) is 11.6 Å². The van der Waals surface area contributed by atoms with Gasteiger partial charge >= 0.3 is 6.03 Å². The largest absolute Gasteiger partial charge is 0.490 e. The zero-order chi connectivity index (χ0) is 23.9. The number of halogens is 2. The number of amides is 3. The first kappa shape index (κ1) is 22.3. The third kappa shape index (κ3) is 3.78. The Hall–Kier alpha value is -3.51. The Bertz CT molecular complexity index is 1190. The first-order chi connectivity index (χ1) is 16.4. The number of carbonyl (C=O) groups is 2. The molecule has 1 N–H and O–H groups in total. The van der Waals surface area contributed by atoms with Crippen LogP contribution >= 0.6 is 0 Å². The Balaban J connectivity index is 1.15. The number of ether oxygens (including phenoxy) is 1. The summed E-state index contributed by atoms with van der Waals surface area (Å²) in [6, 6.07) is 9.99. The molecular weight excluding hydrogens is 442 g/mol. The van der Waals surface area contributed by atoms with Crippen molar-refractivity contribution in [1.29, 1.82) is 5.26 Å². The molecular formula is C25H24F2N4O3.